The van der Waals surface area contributed by atoms with Crippen LogP contribution in [0.5, 0.6) is 0 Å². The van der Waals surface area contributed by atoms with Crippen molar-refractivity contribution in [2.45, 2.75) is 51.0 Å². The Kier molecular flexibility index (Phi) is 3.07. The summed E-state index contributed by atoms with van der Waals surface area (Å²) in [6, 6.07) is 2.53. The standard InChI is InChI=1S/C13H21N5/c1-9-4-2-3-7-18(9)12-8-11(17-14)15-13(16-12)10-5-6-10/h8-10H,2-7,14H2,1H3,(H,15,16,17). The normalized spacial score (nSPS) is 24.1. The van der Waals surface area contributed by atoms with E-state index in [4.69, 9.17) is 10.8 Å². The van der Waals surface area contributed by atoms with Crippen molar-refractivity contribution in [3.8, 4) is 0 Å². The van der Waals surface area contributed by atoms with Crippen molar-refractivity contribution in [2.24, 2.45) is 5.84 Å². The van der Waals surface area contributed by atoms with Gasteiger partial charge in [0.1, 0.15) is 17.5 Å². The lowest BCUT2D eigenvalue weighted by Gasteiger charge is -2.34. The smallest absolute Gasteiger partial charge is 0.145 e. The van der Waals surface area contributed by atoms with Gasteiger partial charge in [0.15, 0.2) is 0 Å². The first kappa shape index (κ1) is 11.7. The Bertz CT molecular complexity index is 429. The predicted molar refractivity (Wildman–Crippen MR) is 72.5 cm³/mol. The topological polar surface area (TPSA) is 67.1 Å². The van der Waals surface area contributed by atoms with Gasteiger partial charge in [0.05, 0.1) is 0 Å². The van der Waals surface area contributed by atoms with Crippen LogP contribution in [-0.4, -0.2) is 22.6 Å². The zero-order valence-corrected chi connectivity index (χ0v) is 10.9. The van der Waals surface area contributed by atoms with E-state index in [0.717, 1.165) is 24.0 Å². The molecular weight excluding hydrogens is 226 g/mol. The van der Waals surface area contributed by atoms with Crippen molar-refractivity contribution in [1.29, 1.82) is 0 Å². The molecule has 98 valence electrons. The van der Waals surface area contributed by atoms with Crippen LogP contribution in [0.4, 0.5) is 11.6 Å². The van der Waals surface area contributed by atoms with E-state index in [1.165, 1.54) is 32.1 Å². The van der Waals surface area contributed by atoms with E-state index in [9.17, 15) is 0 Å². The second-order valence-corrected chi connectivity index (χ2v) is 5.43. The molecule has 1 saturated heterocycles. The minimum Gasteiger partial charge on any atom is -0.354 e. The van der Waals surface area contributed by atoms with Crippen LogP contribution in [0.15, 0.2) is 6.07 Å². The van der Waals surface area contributed by atoms with Crippen molar-refractivity contribution >= 4 is 11.6 Å². The third-order valence-electron chi connectivity index (χ3n) is 3.92. The average Bonchev–Trinajstić information content (AvgIpc) is 3.23. The molecule has 3 rings (SSSR count). The van der Waals surface area contributed by atoms with Gasteiger partial charge in [0.2, 0.25) is 0 Å². The summed E-state index contributed by atoms with van der Waals surface area (Å²) in [5.74, 6) is 8.79. The van der Waals surface area contributed by atoms with Crippen LogP contribution in [0.2, 0.25) is 0 Å². The molecule has 1 aromatic rings. The fourth-order valence-corrected chi connectivity index (χ4v) is 2.64. The summed E-state index contributed by atoms with van der Waals surface area (Å²) in [6.45, 7) is 3.36. The highest BCUT2D eigenvalue weighted by Gasteiger charge is 2.29. The molecule has 3 N–H and O–H groups in total. The molecule has 0 aromatic carbocycles. The summed E-state index contributed by atoms with van der Waals surface area (Å²) in [4.78, 5) is 11.6. The van der Waals surface area contributed by atoms with Crippen LogP contribution in [0.25, 0.3) is 0 Å². The van der Waals surface area contributed by atoms with E-state index in [0.29, 0.717) is 12.0 Å². The number of hydrogen-bond donors (Lipinski definition) is 2. The molecule has 1 saturated carbocycles. The first-order chi connectivity index (χ1) is 8.78. The average molecular weight is 247 g/mol. The molecule has 0 amide bonds. The van der Waals surface area contributed by atoms with Gasteiger partial charge in [-0.15, -0.1) is 0 Å². The van der Waals surface area contributed by atoms with Gasteiger partial charge in [-0.25, -0.2) is 15.8 Å². The van der Waals surface area contributed by atoms with E-state index >= 15 is 0 Å². The molecule has 2 fully saturated rings. The molecule has 1 unspecified atom stereocenters. The minimum atomic E-state index is 0.553. The van der Waals surface area contributed by atoms with E-state index in [2.05, 4.69) is 22.2 Å². The molecule has 5 heteroatoms. The van der Waals surface area contributed by atoms with Gasteiger partial charge in [-0.3, -0.25) is 0 Å². The maximum Gasteiger partial charge on any atom is 0.145 e. The van der Waals surface area contributed by atoms with E-state index < -0.39 is 0 Å². The third-order valence-corrected chi connectivity index (χ3v) is 3.92. The van der Waals surface area contributed by atoms with Gasteiger partial charge in [-0.2, -0.15) is 0 Å². The van der Waals surface area contributed by atoms with Gasteiger partial charge < -0.3 is 10.3 Å². The first-order valence-corrected chi connectivity index (χ1v) is 6.90. The summed E-state index contributed by atoms with van der Waals surface area (Å²) in [7, 11) is 0. The summed E-state index contributed by atoms with van der Waals surface area (Å²) in [5, 5.41) is 0. The summed E-state index contributed by atoms with van der Waals surface area (Å²) < 4.78 is 0. The Labute approximate surface area is 108 Å². The number of nitrogens with two attached hydrogens (primary N) is 1. The van der Waals surface area contributed by atoms with Crippen molar-refractivity contribution in [3.05, 3.63) is 11.9 Å². The number of nitrogens with one attached hydrogen (secondary N) is 1. The van der Waals surface area contributed by atoms with Crippen molar-refractivity contribution < 1.29 is 0 Å². The highest BCUT2D eigenvalue weighted by molar-refractivity contribution is 5.50. The zero-order chi connectivity index (χ0) is 12.5. The van der Waals surface area contributed by atoms with Gasteiger partial charge in [-0.05, 0) is 39.0 Å². The lowest BCUT2D eigenvalue weighted by Crippen LogP contribution is -2.38. The number of nitrogens with zero attached hydrogens (tertiary/aromatic N) is 3. The molecule has 2 aliphatic rings. The van der Waals surface area contributed by atoms with Crippen LogP contribution in [0, 0.1) is 0 Å². The highest BCUT2D eigenvalue weighted by Crippen LogP contribution is 2.39. The highest BCUT2D eigenvalue weighted by atomic mass is 15.3. The fourth-order valence-electron chi connectivity index (χ4n) is 2.64. The monoisotopic (exact) mass is 247 g/mol. The maximum absolute atomic E-state index is 5.51. The zero-order valence-electron chi connectivity index (χ0n) is 10.9. The Balaban J connectivity index is 1.91. The van der Waals surface area contributed by atoms with Crippen molar-refractivity contribution in [2.75, 3.05) is 16.9 Å². The van der Waals surface area contributed by atoms with Crippen LogP contribution < -0.4 is 16.2 Å². The molecule has 18 heavy (non-hydrogen) atoms. The molecule has 1 aromatic heterocycles. The minimum absolute atomic E-state index is 0.553. The van der Waals surface area contributed by atoms with Crippen LogP contribution in [0.3, 0.4) is 0 Å². The maximum atomic E-state index is 5.51. The molecular formula is C13H21N5. The number of nitrogen functional groups attached to an aromatic ring is 1. The Hall–Kier alpha value is -1.36. The van der Waals surface area contributed by atoms with Crippen molar-refractivity contribution in [1.82, 2.24) is 9.97 Å². The van der Waals surface area contributed by atoms with Crippen LogP contribution >= 0.6 is 0 Å². The number of anilines is 2. The van der Waals surface area contributed by atoms with E-state index in [1.54, 1.807) is 0 Å². The number of hydrazine groups is 1. The largest absolute Gasteiger partial charge is 0.354 e. The Morgan fingerprint density at radius 1 is 1.28 bits per heavy atom. The van der Waals surface area contributed by atoms with E-state index in [1.807, 2.05) is 6.07 Å². The summed E-state index contributed by atoms with van der Waals surface area (Å²) >= 11 is 0. The Morgan fingerprint density at radius 3 is 2.78 bits per heavy atom. The van der Waals surface area contributed by atoms with Gasteiger partial charge in [0.25, 0.3) is 0 Å². The molecule has 0 spiro atoms. The van der Waals surface area contributed by atoms with Gasteiger partial charge in [0, 0.05) is 24.6 Å². The second-order valence-electron chi connectivity index (χ2n) is 5.43. The van der Waals surface area contributed by atoms with Gasteiger partial charge in [-0.1, -0.05) is 0 Å². The molecule has 2 heterocycles. The lowest BCUT2D eigenvalue weighted by molar-refractivity contribution is 0.480. The third kappa shape index (κ3) is 2.27. The Morgan fingerprint density at radius 2 is 2.11 bits per heavy atom. The summed E-state index contributed by atoms with van der Waals surface area (Å²) in [5.41, 5.74) is 2.67. The number of rotatable bonds is 3. The molecule has 1 aliphatic carbocycles. The number of hydrogen-bond acceptors (Lipinski definition) is 5. The van der Waals surface area contributed by atoms with Gasteiger partial charge >= 0.3 is 0 Å². The molecule has 5 nitrogen and oxygen atoms in total. The molecule has 1 atom stereocenters. The lowest BCUT2D eigenvalue weighted by atomic mass is 10.0. The quantitative estimate of drug-likeness (QED) is 0.632. The first-order valence-electron chi connectivity index (χ1n) is 6.90. The van der Waals surface area contributed by atoms with Crippen molar-refractivity contribution in [3.63, 3.8) is 0 Å². The number of piperidine rings is 1. The molecule has 0 bridgehead atoms. The number of aromatic nitrogens is 2. The SMILES string of the molecule is CC1CCCCN1c1cc(NN)nc(C2CC2)n1. The predicted octanol–water partition coefficient (Wildman–Crippen LogP) is 2.02. The molecule has 0 radical (unpaired) electrons. The van der Waals surface area contributed by atoms with Crippen LogP contribution in [0.1, 0.15) is 50.8 Å². The van der Waals surface area contributed by atoms with Crippen LogP contribution in [-0.2, 0) is 0 Å². The second kappa shape index (κ2) is 4.72. The fraction of sp³-hybridized carbons (Fsp3) is 0.692. The molecule has 1 aliphatic heterocycles. The summed E-state index contributed by atoms with van der Waals surface area (Å²) in [6.07, 6.45) is 6.24. The van der Waals surface area contributed by atoms with E-state index in [-0.39, 0.29) is 0 Å².